The molecule has 0 radical (unpaired) electrons. The summed E-state index contributed by atoms with van der Waals surface area (Å²) in [5.41, 5.74) is 11.7. The lowest BCUT2D eigenvalue weighted by Crippen LogP contribution is -2.41. The average Bonchev–Trinajstić information content (AvgIpc) is 2.48. The Bertz CT molecular complexity index is 615. The molecule has 2 nitrogen and oxygen atoms in total. The summed E-state index contributed by atoms with van der Waals surface area (Å²) in [5.74, 6) is 0. The molecule has 0 aliphatic heterocycles. The van der Waals surface area contributed by atoms with Gasteiger partial charge in [0, 0.05) is 12.0 Å². The van der Waals surface area contributed by atoms with Gasteiger partial charge in [-0.3, -0.25) is 0 Å². The maximum atomic E-state index is 10.1. The van der Waals surface area contributed by atoms with E-state index in [4.69, 9.17) is 5.73 Å². The minimum absolute atomic E-state index is 0.0559. The van der Waals surface area contributed by atoms with Crippen LogP contribution < -0.4 is 5.73 Å². The van der Waals surface area contributed by atoms with Crippen molar-refractivity contribution in [1.29, 1.82) is 0 Å². The van der Waals surface area contributed by atoms with Gasteiger partial charge < -0.3 is 10.8 Å². The van der Waals surface area contributed by atoms with E-state index in [0.29, 0.717) is 6.54 Å². The molecule has 0 saturated heterocycles. The Balaban J connectivity index is 2.45. The molecule has 0 spiro atoms. The van der Waals surface area contributed by atoms with E-state index >= 15 is 0 Å². The smallest absolute Gasteiger partial charge is 0.0543 e. The fourth-order valence-corrected chi connectivity index (χ4v) is 2.83. The molecule has 2 aromatic rings. The Labute approximate surface area is 127 Å². The summed E-state index contributed by atoms with van der Waals surface area (Å²) in [6.07, 6.45) is 0.761. The Morgan fingerprint density at radius 2 is 1.71 bits per heavy atom. The Morgan fingerprint density at radius 1 is 1.00 bits per heavy atom. The predicted octanol–water partition coefficient (Wildman–Crippen LogP) is 3.04. The zero-order valence-corrected chi connectivity index (χ0v) is 13.2. The summed E-state index contributed by atoms with van der Waals surface area (Å²) in [6.45, 7) is 6.77. The molecule has 112 valence electrons. The van der Waals surface area contributed by atoms with Crippen LogP contribution in [-0.2, 0) is 11.8 Å². The monoisotopic (exact) mass is 283 g/mol. The zero-order chi connectivity index (χ0) is 15.5. The van der Waals surface area contributed by atoms with Gasteiger partial charge in [0.25, 0.3) is 0 Å². The van der Waals surface area contributed by atoms with Crippen molar-refractivity contribution in [2.24, 2.45) is 5.73 Å². The highest BCUT2D eigenvalue weighted by Gasteiger charge is 2.31. The van der Waals surface area contributed by atoms with Crippen LogP contribution in [-0.4, -0.2) is 18.3 Å². The van der Waals surface area contributed by atoms with Gasteiger partial charge in [-0.15, -0.1) is 0 Å². The van der Waals surface area contributed by atoms with E-state index in [1.165, 1.54) is 22.3 Å². The number of aliphatic hydroxyl groups is 1. The number of aryl methyl sites for hydroxylation is 3. The van der Waals surface area contributed by atoms with Crippen molar-refractivity contribution in [2.45, 2.75) is 32.6 Å². The van der Waals surface area contributed by atoms with Crippen LogP contribution in [0.2, 0.25) is 0 Å². The molecule has 0 heterocycles. The van der Waals surface area contributed by atoms with Crippen LogP contribution >= 0.6 is 0 Å². The largest absolute Gasteiger partial charge is 0.395 e. The van der Waals surface area contributed by atoms with Gasteiger partial charge in [-0.1, -0.05) is 53.6 Å². The van der Waals surface area contributed by atoms with Gasteiger partial charge in [-0.25, -0.2) is 0 Å². The summed E-state index contributed by atoms with van der Waals surface area (Å²) in [6, 6.07) is 14.8. The fraction of sp³-hybridized carbons (Fsp3) is 0.368. The third kappa shape index (κ3) is 3.34. The summed E-state index contributed by atoms with van der Waals surface area (Å²) in [4.78, 5) is 0. The molecular formula is C19H25NO. The lowest BCUT2D eigenvalue weighted by molar-refractivity contribution is 0.196. The SMILES string of the molecule is Cc1cccc(C(CN)(CO)Cc2cc(C)ccc2C)c1. The maximum Gasteiger partial charge on any atom is 0.0543 e. The second-order valence-electron chi connectivity index (χ2n) is 6.12. The van der Waals surface area contributed by atoms with E-state index < -0.39 is 5.41 Å². The van der Waals surface area contributed by atoms with Crippen LogP contribution in [0.15, 0.2) is 42.5 Å². The van der Waals surface area contributed by atoms with E-state index in [1.807, 2.05) is 6.07 Å². The molecular weight excluding hydrogens is 258 g/mol. The Morgan fingerprint density at radius 3 is 2.33 bits per heavy atom. The first-order valence-corrected chi connectivity index (χ1v) is 7.45. The van der Waals surface area contributed by atoms with Gasteiger partial charge in [0.2, 0.25) is 0 Å². The second kappa shape index (κ2) is 6.42. The first-order chi connectivity index (χ1) is 10.0. The van der Waals surface area contributed by atoms with Crippen LogP contribution in [0.5, 0.6) is 0 Å². The van der Waals surface area contributed by atoms with E-state index in [9.17, 15) is 5.11 Å². The standard InChI is InChI=1S/C19H25NO/c1-14-5-4-6-18(10-14)19(12-20,13-21)11-17-9-15(2)7-8-16(17)3/h4-10,21H,11-13,20H2,1-3H3. The maximum absolute atomic E-state index is 10.1. The number of hydrogen-bond acceptors (Lipinski definition) is 2. The van der Waals surface area contributed by atoms with E-state index in [-0.39, 0.29) is 6.61 Å². The molecule has 0 fully saturated rings. The summed E-state index contributed by atoms with van der Waals surface area (Å²) >= 11 is 0. The Hall–Kier alpha value is -1.64. The van der Waals surface area contributed by atoms with E-state index in [2.05, 4.69) is 57.2 Å². The van der Waals surface area contributed by atoms with Gasteiger partial charge >= 0.3 is 0 Å². The second-order valence-corrected chi connectivity index (χ2v) is 6.12. The number of hydrogen-bond donors (Lipinski definition) is 2. The minimum atomic E-state index is -0.412. The molecule has 2 aromatic carbocycles. The molecule has 0 aliphatic rings. The van der Waals surface area contributed by atoms with Crippen molar-refractivity contribution in [3.63, 3.8) is 0 Å². The summed E-state index contributed by atoms with van der Waals surface area (Å²) in [5, 5.41) is 10.1. The average molecular weight is 283 g/mol. The minimum Gasteiger partial charge on any atom is -0.395 e. The Kier molecular flexibility index (Phi) is 4.81. The molecule has 0 aliphatic carbocycles. The van der Waals surface area contributed by atoms with Gasteiger partial charge in [0.05, 0.1) is 6.61 Å². The van der Waals surface area contributed by atoms with Gasteiger partial charge in [-0.05, 0) is 43.9 Å². The fourth-order valence-electron chi connectivity index (χ4n) is 2.83. The van der Waals surface area contributed by atoms with Gasteiger partial charge in [0.15, 0.2) is 0 Å². The van der Waals surface area contributed by atoms with E-state index in [0.717, 1.165) is 12.0 Å². The van der Waals surface area contributed by atoms with Crippen LogP contribution in [0, 0.1) is 20.8 Å². The lowest BCUT2D eigenvalue weighted by Gasteiger charge is -2.32. The van der Waals surface area contributed by atoms with Crippen LogP contribution in [0.4, 0.5) is 0 Å². The first-order valence-electron chi connectivity index (χ1n) is 7.45. The summed E-state index contributed by atoms with van der Waals surface area (Å²) in [7, 11) is 0. The molecule has 1 atom stereocenters. The van der Waals surface area contributed by atoms with Gasteiger partial charge in [0.1, 0.15) is 0 Å². The number of benzene rings is 2. The highest BCUT2D eigenvalue weighted by Crippen LogP contribution is 2.29. The van der Waals surface area contributed by atoms with Crippen LogP contribution in [0.25, 0.3) is 0 Å². The van der Waals surface area contributed by atoms with Crippen molar-refractivity contribution in [1.82, 2.24) is 0 Å². The third-order valence-corrected chi connectivity index (χ3v) is 4.36. The summed E-state index contributed by atoms with van der Waals surface area (Å²) < 4.78 is 0. The van der Waals surface area contributed by atoms with Crippen molar-refractivity contribution in [3.8, 4) is 0 Å². The molecule has 0 bridgehead atoms. The molecule has 3 N–H and O–H groups in total. The zero-order valence-electron chi connectivity index (χ0n) is 13.2. The molecule has 1 unspecified atom stereocenters. The highest BCUT2D eigenvalue weighted by atomic mass is 16.3. The lowest BCUT2D eigenvalue weighted by atomic mass is 9.75. The molecule has 2 rings (SSSR count). The molecule has 0 aromatic heterocycles. The quantitative estimate of drug-likeness (QED) is 0.886. The topological polar surface area (TPSA) is 46.2 Å². The third-order valence-electron chi connectivity index (χ3n) is 4.36. The number of aliphatic hydroxyl groups excluding tert-OH is 1. The van der Waals surface area contributed by atoms with Crippen molar-refractivity contribution < 1.29 is 5.11 Å². The van der Waals surface area contributed by atoms with E-state index in [1.54, 1.807) is 0 Å². The molecule has 0 saturated carbocycles. The van der Waals surface area contributed by atoms with Crippen LogP contribution in [0.3, 0.4) is 0 Å². The predicted molar refractivity (Wildman–Crippen MR) is 88.6 cm³/mol. The normalized spacial score (nSPS) is 14.0. The molecule has 0 amide bonds. The van der Waals surface area contributed by atoms with Crippen molar-refractivity contribution >= 4 is 0 Å². The van der Waals surface area contributed by atoms with Crippen molar-refractivity contribution in [3.05, 3.63) is 70.3 Å². The van der Waals surface area contributed by atoms with Gasteiger partial charge in [-0.2, -0.15) is 0 Å². The van der Waals surface area contributed by atoms with Crippen molar-refractivity contribution in [2.75, 3.05) is 13.2 Å². The van der Waals surface area contributed by atoms with Crippen LogP contribution in [0.1, 0.15) is 27.8 Å². The first kappa shape index (κ1) is 15.7. The number of nitrogens with two attached hydrogens (primary N) is 1. The molecule has 21 heavy (non-hydrogen) atoms. The molecule has 2 heteroatoms. The number of rotatable bonds is 5. The highest BCUT2D eigenvalue weighted by molar-refractivity contribution is 5.37.